The van der Waals surface area contributed by atoms with Crippen molar-refractivity contribution in [1.29, 1.82) is 0 Å². The molecule has 0 spiro atoms. The zero-order valence-corrected chi connectivity index (χ0v) is 13.5. The van der Waals surface area contributed by atoms with E-state index >= 15 is 0 Å². The average Bonchev–Trinajstić information content (AvgIpc) is 2.54. The van der Waals surface area contributed by atoms with E-state index in [2.05, 4.69) is 35.6 Å². The van der Waals surface area contributed by atoms with E-state index in [0.717, 1.165) is 19.4 Å². The van der Waals surface area contributed by atoms with Crippen LogP contribution in [0.4, 0.5) is 0 Å². The van der Waals surface area contributed by atoms with Crippen LogP contribution in [0.25, 0.3) is 0 Å². The summed E-state index contributed by atoms with van der Waals surface area (Å²) in [5.74, 6) is 0.885. The summed E-state index contributed by atoms with van der Waals surface area (Å²) in [7, 11) is 1.87. The minimum Gasteiger partial charge on any atom is -0.345 e. The Hall–Kier alpha value is -1.35. The van der Waals surface area contributed by atoms with E-state index in [-0.39, 0.29) is 11.9 Å². The van der Waals surface area contributed by atoms with Crippen molar-refractivity contribution in [3.8, 4) is 0 Å². The third kappa shape index (κ3) is 4.31. The number of likely N-dealkylation sites (N-methyl/N-ethyl adjacent to an activating group) is 1. The summed E-state index contributed by atoms with van der Waals surface area (Å²) in [4.78, 5) is 13.9. The van der Waals surface area contributed by atoms with Crippen molar-refractivity contribution in [3.63, 3.8) is 0 Å². The predicted octanol–water partition coefficient (Wildman–Crippen LogP) is 3.17. The first-order chi connectivity index (χ1) is 10.1. The first-order valence-corrected chi connectivity index (χ1v) is 8.17. The number of rotatable bonds is 5. The van der Waals surface area contributed by atoms with Gasteiger partial charge in [-0.05, 0) is 51.0 Å². The quantitative estimate of drug-likeness (QED) is 0.902. The van der Waals surface area contributed by atoms with Gasteiger partial charge >= 0.3 is 0 Å². The molecule has 1 N–H and O–H groups in total. The molecule has 0 aliphatic heterocycles. The Bertz CT molecular complexity index is 438. The first kappa shape index (κ1) is 16.0. The number of benzene rings is 1. The molecule has 116 valence electrons. The molecule has 0 saturated heterocycles. The topological polar surface area (TPSA) is 32.3 Å². The predicted molar refractivity (Wildman–Crippen MR) is 87.3 cm³/mol. The largest absolute Gasteiger partial charge is 0.345 e. The molecule has 1 amide bonds. The normalized spacial score (nSPS) is 23.6. The number of carbonyl (C=O) groups excluding carboxylic acids is 1. The fraction of sp³-hybridized carbons (Fsp3) is 0.611. The van der Waals surface area contributed by atoms with Crippen LogP contribution in [0.1, 0.15) is 51.0 Å². The Kier molecular flexibility index (Phi) is 5.80. The maximum absolute atomic E-state index is 12.1. The van der Waals surface area contributed by atoms with Gasteiger partial charge in [0.05, 0.1) is 6.04 Å². The zero-order valence-electron chi connectivity index (χ0n) is 13.5. The van der Waals surface area contributed by atoms with Crippen molar-refractivity contribution in [2.24, 2.45) is 0 Å². The average molecular weight is 288 g/mol. The van der Waals surface area contributed by atoms with E-state index in [0.29, 0.717) is 12.0 Å². The van der Waals surface area contributed by atoms with Crippen LogP contribution in [0.2, 0.25) is 0 Å². The van der Waals surface area contributed by atoms with Crippen LogP contribution >= 0.6 is 0 Å². The summed E-state index contributed by atoms with van der Waals surface area (Å²) >= 11 is 0. The molecular weight excluding hydrogens is 260 g/mol. The number of nitrogens with one attached hydrogen (secondary N) is 1. The Morgan fingerprint density at radius 1 is 1.24 bits per heavy atom. The van der Waals surface area contributed by atoms with Crippen LogP contribution in [0.3, 0.4) is 0 Å². The van der Waals surface area contributed by atoms with Gasteiger partial charge in [0.2, 0.25) is 5.91 Å². The Morgan fingerprint density at radius 3 is 2.43 bits per heavy atom. The molecule has 1 unspecified atom stereocenters. The van der Waals surface area contributed by atoms with Crippen LogP contribution in [0, 0.1) is 0 Å². The van der Waals surface area contributed by atoms with Gasteiger partial charge in [-0.15, -0.1) is 0 Å². The first-order valence-electron chi connectivity index (χ1n) is 8.17. The lowest BCUT2D eigenvalue weighted by Crippen LogP contribution is -2.48. The van der Waals surface area contributed by atoms with Crippen molar-refractivity contribution in [1.82, 2.24) is 10.2 Å². The molecule has 3 heteroatoms. The van der Waals surface area contributed by atoms with Gasteiger partial charge in [0, 0.05) is 19.6 Å². The van der Waals surface area contributed by atoms with E-state index in [1.54, 1.807) is 4.90 Å². The smallest absolute Gasteiger partial charge is 0.239 e. The van der Waals surface area contributed by atoms with Gasteiger partial charge in [-0.25, -0.2) is 0 Å². The summed E-state index contributed by atoms with van der Waals surface area (Å²) in [5, 5.41) is 3.51. The standard InChI is InChI=1S/C18H28N2O/c1-4-20(3)18(21)14(2)19-17-12-10-16(11-13-17)15-8-6-5-7-9-15/h5-9,14,16-17,19H,4,10-13H2,1-3H3. The molecular formula is C18H28N2O. The van der Waals surface area contributed by atoms with E-state index in [9.17, 15) is 4.79 Å². The van der Waals surface area contributed by atoms with Crippen molar-refractivity contribution in [2.45, 2.75) is 57.5 Å². The Balaban J connectivity index is 1.80. The molecule has 1 fully saturated rings. The van der Waals surface area contributed by atoms with Gasteiger partial charge in [0.25, 0.3) is 0 Å². The molecule has 1 aliphatic carbocycles. The lowest BCUT2D eigenvalue weighted by Gasteiger charge is -2.32. The SMILES string of the molecule is CCN(C)C(=O)C(C)NC1CCC(c2ccccc2)CC1. The third-order valence-corrected chi connectivity index (χ3v) is 4.70. The van der Waals surface area contributed by atoms with Crippen LogP contribution < -0.4 is 5.32 Å². The molecule has 1 aromatic rings. The highest BCUT2D eigenvalue weighted by Crippen LogP contribution is 2.32. The highest BCUT2D eigenvalue weighted by Gasteiger charge is 2.25. The molecule has 1 saturated carbocycles. The summed E-state index contributed by atoms with van der Waals surface area (Å²) in [6, 6.07) is 11.2. The maximum Gasteiger partial charge on any atom is 0.239 e. The van der Waals surface area contributed by atoms with E-state index in [4.69, 9.17) is 0 Å². The lowest BCUT2D eigenvalue weighted by molar-refractivity contribution is -0.131. The summed E-state index contributed by atoms with van der Waals surface area (Å²) < 4.78 is 0. The fourth-order valence-electron chi connectivity index (χ4n) is 3.23. The van der Waals surface area contributed by atoms with Crippen molar-refractivity contribution < 1.29 is 4.79 Å². The van der Waals surface area contributed by atoms with Gasteiger partial charge in [-0.2, -0.15) is 0 Å². The summed E-state index contributed by atoms with van der Waals surface area (Å²) in [5.41, 5.74) is 1.46. The van der Waals surface area contributed by atoms with E-state index in [1.807, 2.05) is 20.9 Å². The Labute approximate surface area is 128 Å². The Morgan fingerprint density at radius 2 is 1.86 bits per heavy atom. The van der Waals surface area contributed by atoms with Gasteiger partial charge < -0.3 is 10.2 Å². The number of hydrogen-bond acceptors (Lipinski definition) is 2. The third-order valence-electron chi connectivity index (χ3n) is 4.70. The minimum atomic E-state index is -0.0757. The fourth-order valence-corrected chi connectivity index (χ4v) is 3.23. The van der Waals surface area contributed by atoms with Crippen molar-refractivity contribution in [2.75, 3.05) is 13.6 Å². The molecule has 1 atom stereocenters. The van der Waals surface area contributed by atoms with Crippen LogP contribution in [0.15, 0.2) is 30.3 Å². The number of hydrogen-bond donors (Lipinski definition) is 1. The molecule has 0 radical (unpaired) electrons. The van der Waals surface area contributed by atoms with E-state index < -0.39 is 0 Å². The molecule has 3 nitrogen and oxygen atoms in total. The van der Waals surface area contributed by atoms with Crippen molar-refractivity contribution in [3.05, 3.63) is 35.9 Å². The molecule has 21 heavy (non-hydrogen) atoms. The molecule has 2 rings (SSSR count). The molecule has 1 aromatic carbocycles. The lowest BCUT2D eigenvalue weighted by atomic mass is 9.81. The van der Waals surface area contributed by atoms with Crippen LogP contribution in [0.5, 0.6) is 0 Å². The zero-order chi connectivity index (χ0) is 15.2. The van der Waals surface area contributed by atoms with Gasteiger partial charge in [0.1, 0.15) is 0 Å². The van der Waals surface area contributed by atoms with Gasteiger partial charge in [-0.1, -0.05) is 30.3 Å². The molecule has 1 aliphatic rings. The maximum atomic E-state index is 12.1. The van der Waals surface area contributed by atoms with Crippen LogP contribution in [-0.2, 0) is 4.79 Å². The van der Waals surface area contributed by atoms with Gasteiger partial charge in [0.15, 0.2) is 0 Å². The minimum absolute atomic E-state index is 0.0757. The molecule has 0 heterocycles. The van der Waals surface area contributed by atoms with Crippen LogP contribution in [-0.4, -0.2) is 36.5 Å². The second-order valence-corrected chi connectivity index (χ2v) is 6.20. The second-order valence-electron chi connectivity index (χ2n) is 6.20. The number of amides is 1. The highest BCUT2D eigenvalue weighted by molar-refractivity contribution is 5.81. The molecule has 0 aromatic heterocycles. The van der Waals surface area contributed by atoms with Crippen molar-refractivity contribution >= 4 is 5.91 Å². The number of carbonyl (C=O) groups is 1. The second kappa shape index (κ2) is 7.60. The monoisotopic (exact) mass is 288 g/mol. The summed E-state index contributed by atoms with van der Waals surface area (Å²) in [6.07, 6.45) is 4.75. The van der Waals surface area contributed by atoms with Gasteiger partial charge in [-0.3, -0.25) is 4.79 Å². The summed E-state index contributed by atoms with van der Waals surface area (Å²) in [6.45, 7) is 4.76. The molecule has 0 bridgehead atoms. The highest BCUT2D eigenvalue weighted by atomic mass is 16.2. The number of nitrogens with zero attached hydrogens (tertiary/aromatic N) is 1. The van der Waals surface area contributed by atoms with E-state index in [1.165, 1.54) is 18.4 Å².